The number of amides is 1. The number of nitrogens with zero attached hydrogens (tertiary/aromatic N) is 2. The minimum Gasteiger partial charge on any atom is -0.508 e. The summed E-state index contributed by atoms with van der Waals surface area (Å²) in [6.45, 7) is 0.676. The second kappa shape index (κ2) is 7.49. The predicted molar refractivity (Wildman–Crippen MR) is 74.6 cm³/mol. The zero-order chi connectivity index (χ0) is 15.1. The molecule has 0 aliphatic carbocycles. The molecule has 0 fully saturated rings. The molecule has 0 saturated heterocycles. The number of carbonyl (C=O) groups excluding carboxylic acids is 1. The highest BCUT2D eigenvalue weighted by Gasteiger charge is 2.17. The van der Waals surface area contributed by atoms with E-state index in [1.54, 1.807) is 12.1 Å². The fourth-order valence-corrected chi connectivity index (χ4v) is 1.68. The number of hydrogen-bond donors (Lipinski definition) is 2. The van der Waals surface area contributed by atoms with Gasteiger partial charge in [0.25, 0.3) is 0 Å². The maximum atomic E-state index is 12.1. The van der Waals surface area contributed by atoms with Gasteiger partial charge in [0, 0.05) is 13.1 Å². The highest BCUT2D eigenvalue weighted by atomic mass is 16.4. The van der Waals surface area contributed by atoms with E-state index in [-0.39, 0.29) is 24.6 Å². The molecule has 2 N–H and O–H groups in total. The lowest BCUT2D eigenvalue weighted by atomic mass is 10.1. The number of carboxylic acid groups (broad SMARTS) is 1. The molecule has 0 aliphatic heterocycles. The third kappa shape index (κ3) is 5.71. The monoisotopic (exact) mass is 280 g/mol. The lowest BCUT2D eigenvalue weighted by Gasteiger charge is -2.22. The third-order valence-corrected chi connectivity index (χ3v) is 2.79. The Hall–Kier alpha value is -2.08. The van der Waals surface area contributed by atoms with Crippen LogP contribution in [0.2, 0.25) is 0 Å². The van der Waals surface area contributed by atoms with Gasteiger partial charge in [0.2, 0.25) is 5.91 Å². The molecule has 1 amide bonds. The van der Waals surface area contributed by atoms with Crippen LogP contribution >= 0.6 is 0 Å². The van der Waals surface area contributed by atoms with Gasteiger partial charge in [-0.05, 0) is 31.8 Å². The number of phenols is 1. The number of benzene rings is 1. The van der Waals surface area contributed by atoms with Crippen molar-refractivity contribution < 1.29 is 19.8 Å². The van der Waals surface area contributed by atoms with Crippen molar-refractivity contribution in [2.75, 3.05) is 33.7 Å². The van der Waals surface area contributed by atoms with Gasteiger partial charge in [-0.15, -0.1) is 0 Å². The zero-order valence-corrected chi connectivity index (χ0v) is 11.7. The average molecular weight is 280 g/mol. The van der Waals surface area contributed by atoms with Gasteiger partial charge in [0.1, 0.15) is 12.3 Å². The van der Waals surface area contributed by atoms with Crippen LogP contribution in [0.5, 0.6) is 5.75 Å². The lowest BCUT2D eigenvalue weighted by Crippen LogP contribution is -2.40. The summed E-state index contributed by atoms with van der Waals surface area (Å²) in [5.41, 5.74) is 0.744. The highest BCUT2D eigenvalue weighted by molar-refractivity contribution is 5.83. The van der Waals surface area contributed by atoms with Crippen molar-refractivity contribution in [3.8, 4) is 5.75 Å². The van der Waals surface area contributed by atoms with Crippen molar-refractivity contribution in [1.82, 2.24) is 9.80 Å². The van der Waals surface area contributed by atoms with Gasteiger partial charge >= 0.3 is 5.97 Å². The van der Waals surface area contributed by atoms with Crippen LogP contribution in [0, 0.1) is 0 Å². The van der Waals surface area contributed by atoms with Gasteiger partial charge in [-0.1, -0.05) is 12.1 Å². The first-order valence-corrected chi connectivity index (χ1v) is 6.30. The maximum Gasteiger partial charge on any atom is 0.323 e. The zero-order valence-electron chi connectivity index (χ0n) is 11.7. The molecule has 0 heterocycles. The molecule has 0 aliphatic rings. The van der Waals surface area contributed by atoms with Crippen molar-refractivity contribution in [3.05, 3.63) is 29.8 Å². The molecule has 6 heteroatoms. The number of phenolic OH excluding ortho intramolecular Hbond substituents is 1. The minimum absolute atomic E-state index is 0.126. The fraction of sp³-hybridized carbons (Fsp3) is 0.429. The second-order valence-electron chi connectivity index (χ2n) is 4.86. The van der Waals surface area contributed by atoms with E-state index in [4.69, 9.17) is 5.11 Å². The molecule has 110 valence electrons. The molecule has 0 saturated carbocycles. The van der Waals surface area contributed by atoms with Crippen LogP contribution in [0.4, 0.5) is 0 Å². The van der Waals surface area contributed by atoms with Gasteiger partial charge in [0.05, 0.1) is 6.42 Å². The topological polar surface area (TPSA) is 81.1 Å². The van der Waals surface area contributed by atoms with Crippen LogP contribution in [0.15, 0.2) is 24.3 Å². The molecule has 0 aromatic heterocycles. The number of rotatable bonds is 7. The SMILES string of the molecule is CN(C)CCN(CC(=O)O)C(=O)Cc1ccc(O)cc1. The number of hydrogen-bond acceptors (Lipinski definition) is 4. The van der Waals surface area contributed by atoms with Gasteiger partial charge < -0.3 is 20.0 Å². The third-order valence-electron chi connectivity index (χ3n) is 2.79. The molecule has 1 aromatic carbocycles. The molecule has 0 radical (unpaired) electrons. The van der Waals surface area contributed by atoms with Crippen molar-refractivity contribution >= 4 is 11.9 Å². The Labute approximate surface area is 118 Å². The smallest absolute Gasteiger partial charge is 0.323 e. The molecule has 0 spiro atoms. The summed E-state index contributed by atoms with van der Waals surface area (Å²) >= 11 is 0. The molecular formula is C14H20N2O4. The van der Waals surface area contributed by atoms with Crippen molar-refractivity contribution in [1.29, 1.82) is 0 Å². The van der Waals surface area contributed by atoms with Gasteiger partial charge in [-0.2, -0.15) is 0 Å². The Kier molecular flexibility index (Phi) is 5.99. The van der Waals surface area contributed by atoms with Gasteiger partial charge in [-0.3, -0.25) is 9.59 Å². The Morgan fingerprint density at radius 2 is 1.70 bits per heavy atom. The van der Waals surface area contributed by atoms with E-state index in [0.29, 0.717) is 13.1 Å². The summed E-state index contributed by atoms with van der Waals surface area (Å²) in [5.74, 6) is -1.13. The highest BCUT2D eigenvalue weighted by Crippen LogP contribution is 2.11. The van der Waals surface area contributed by atoms with Gasteiger partial charge in [-0.25, -0.2) is 0 Å². The molecular weight excluding hydrogens is 260 g/mol. The lowest BCUT2D eigenvalue weighted by molar-refractivity contribution is -0.144. The molecule has 6 nitrogen and oxygen atoms in total. The average Bonchev–Trinajstić information content (AvgIpc) is 2.36. The number of aliphatic carboxylic acids is 1. The van der Waals surface area contributed by atoms with E-state index in [2.05, 4.69) is 0 Å². The molecule has 1 rings (SSSR count). The number of carboxylic acids is 1. The first kappa shape index (κ1) is 16.0. The first-order chi connectivity index (χ1) is 9.38. The second-order valence-corrected chi connectivity index (χ2v) is 4.86. The summed E-state index contributed by atoms with van der Waals surface area (Å²) in [7, 11) is 3.73. The maximum absolute atomic E-state index is 12.1. The minimum atomic E-state index is -1.03. The van der Waals surface area contributed by atoms with Crippen LogP contribution in [0.1, 0.15) is 5.56 Å². The number of carbonyl (C=O) groups is 2. The van der Waals surface area contributed by atoms with Crippen LogP contribution in [-0.2, 0) is 16.0 Å². The summed E-state index contributed by atoms with van der Waals surface area (Å²) in [6, 6.07) is 6.31. The van der Waals surface area contributed by atoms with E-state index in [0.717, 1.165) is 5.56 Å². The number of aromatic hydroxyl groups is 1. The summed E-state index contributed by atoms with van der Waals surface area (Å²) in [5, 5.41) is 18.0. The Balaban J connectivity index is 2.66. The van der Waals surface area contributed by atoms with Crippen LogP contribution in [0.25, 0.3) is 0 Å². The van der Waals surface area contributed by atoms with Crippen molar-refractivity contribution in [2.24, 2.45) is 0 Å². The summed E-state index contributed by atoms with van der Waals surface area (Å²) in [6.07, 6.45) is 0.126. The molecule has 1 aromatic rings. The normalized spacial score (nSPS) is 10.6. The molecule has 20 heavy (non-hydrogen) atoms. The predicted octanol–water partition coefficient (Wildman–Crippen LogP) is 0.410. The quantitative estimate of drug-likeness (QED) is 0.756. The van der Waals surface area contributed by atoms with Crippen LogP contribution in [0.3, 0.4) is 0 Å². The van der Waals surface area contributed by atoms with Crippen LogP contribution in [-0.4, -0.2) is 65.6 Å². The summed E-state index contributed by atoms with van der Waals surface area (Å²) in [4.78, 5) is 26.2. The Morgan fingerprint density at radius 1 is 1.10 bits per heavy atom. The molecule has 0 atom stereocenters. The van der Waals surface area contributed by atoms with E-state index in [9.17, 15) is 14.7 Å². The van der Waals surface area contributed by atoms with Crippen molar-refractivity contribution in [3.63, 3.8) is 0 Å². The Morgan fingerprint density at radius 3 is 2.20 bits per heavy atom. The first-order valence-electron chi connectivity index (χ1n) is 6.30. The van der Waals surface area contributed by atoms with E-state index >= 15 is 0 Å². The standard InChI is InChI=1S/C14H20N2O4/c1-15(2)7-8-16(10-14(19)20)13(18)9-11-3-5-12(17)6-4-11/h3-6,17H,7-10H2,1-2H3,(H,19,20). The van der Waals surface area contributed by atoms with Crippen molar-refractivity contribution in [2.45, 2.75) is 6.42 Å². The van der Waals surface area contributed by atoms with Gasteiger partial charge in [0.15, 0.2) is 0 Å². The molecule has 0 unspecified atom stereocenters. The largest absolute Gasteiger partial charge is 0.508 e. The summed E-state index contributed by atoms with van der Waals surface area (Å²) < 4.78 is 0. The van der Waals surface area contributed by atoms with E-state index in [1.807, 2.05) is 19.0 Å². The van der Waals surface area contributed by atoms with E-state index in [1.165, 1.54) is 17.0 Å². The molecule has 0 bridgehead atoms. The van der Waals surface area contributed by atoms with E-state index < -0.39 is 5.97 Å². The van der Waals surface area contributed by atoms with Crippen LogP contribution < -0.4 is 0 Å². The Bertz CT molecular complexity index is 457. The fourth-order valence-electron chi connectivity index (χ4n) is 1.68. The number of likely N-dealkylation sites (N-methyl/N-ethyl adjacent to an activating group) is 1.